The highest BCUT2D eigenvalue weighted by Gasteiger charge is 2.12. The van der Waals surface area contributed by atoms with Crippen LogP contribution in [0.4, 0.5) is 0 Å². The summed E-state index contributed by atoms with van der Waals surface area (Å²) >= 11 is 0. The summed E-state index contributed by atoms with van der Waals surface area (Å²) in [5, 5.41) is 6.53. The summed E-state index contributed by atoms with van der Waals surface area (Å²) in [4.78, 5) is 20.4. The molecule has 108 valence electrons. The van der Waals surface area contributed by atoms with Crippen molar-refractivity contribution in [3.8, 4) is 0 Å². The maximum Gasteiger partial charge on any atom is 0.273 e. The fourth-order valence-electron chi connectivity index (χ4n) is 2.01. The van der Waals surface area contributed by atoms with Crippen LogP contribution < -0.4 is 5.32 Å². The van der Waals surface area contributed by atoms with E-state index in [0.29, 0.717) is 18.0 Å². The summed E-state index contributed by atoms with van der Waals surface area (Å²) < 4.78 is 6.89. The summed E-state index contributed by atoms with van der Waals surface area (Å²) in [6, 6.07) is 3.49. The highest BCUT2D eigenvalue weighted by atomic mass is 16.5. The van der Waals surface area contributed by atoms with Crippen LogP contribution in [0.15, 0.2) is 35.2 Å². The molecule has 0 aliphatic carbocycles. The van der Waals surface area contributed by atoms with Crippen molar-refractivity contribution in [1.29, 1.82) is 0 Å². The summed E-state index contributed by atoms with van der Waals surface area (Å²) in [6.07, 6.45) is 7.08. The Balaban J connectivity index is 1.64. The van der Waals surface area contributed by atoms with E-state index in [0.717, 1.165) is 24.3 Å². The van der Waals surface area contributed by atoms with Gasteiger partial charge in [0.2, 0.25) is 5.78 Å². The third-order valence-electron chi connectivity index (χ3n) is 3.00. The van der Waals surface area contributed by atoms with Gasteiger partial charge in [0.05, 0.1) is 12.2 Å². The van der Waals surface area contributed by atoms with Crippen LogP contribution in [-0.4, -0.2) is 25.4 Å². The van der Waals surface area contributed by atoms with Gasteiger partial charge in [-0.15, -0.1) is 0 Å². The predicted octanol–water partition coefficient (Wildman–Crippen LogP) is 1.60. The number of hydrogen-bond acceptors (Lipinski definition) is 5. The number of amides is 1. The van der Waals surface area contributed by atoms with Crippen LogP contribution in [0.1, 0.15) is 35.3 Å². The third-order valence-corrected chi connectivity index (χ3v) is 3.00. The average Bonchev–Trinajstić information content (AvgIpc) is 3.11. The number of nitrogens with one attached hydrogen (secondary N) is 1. The van der Waals surface area contributed by atoms with Gasteiger partial charge in [-0.1, -0.05) is 12.1 Å². The quantitative estimate of drug-likeness (QED) is 0.769. The molecule has 21 heavy (non-hydrogen) atoms. The van der Waals surface area contributed by atoms with Gasteiger partial charge in [0.1, 0.15) is 5.76 Å². The number of carbonyl (C=O) groups is 1. The highest BCUT2D eigenvalue weighted by Crippen LogP contribution is 2.07. The van der Waals surface area contributed by atoms with Gasteiger partial charge in [0.15, 0.2) is 5.69 Å². The van der Waals surface area contributed by atoms with E-state index in [1.54, 1.807) is 16.7 Å². The van der Waals surface area contributed by atoms with Gasteiger partial charge in [0, 0.05) is 31.1 Å². The number of aromatic nitrogens is 4. The van der Waals surface area contributed by atoms with Crippen molar-refractivity contribution >= 4 is 11.7 Å². The molecule has 0 bridgehead atoms. The first kappa shape index (κ1) is 13.3. The Morgan fingerprint density at radius 2 is 2.38 bits per heavy atom. The lowest BCUT2D eigenvalue weighted by Gasteiger charge is -1.98. The maximum atomic E-state index is 12.0. The Morgan fingerprint density at radius 3 is 3.19 bits per heavy atom. The van der Waals surface area contributed by atoms with E-state index in [9.17, 15) is 4.79 Å². The fraction of sp³-hybridized carbons (Fsp3) is 0.286. The molecule has 0 unspecified atom stereocenters. The number of carbonyl (C=O) groups excluding carboxylic acids is 1. The van der Waals surface area contributed by atoms with Crippen molar-refractivity contribution < 1.29 is 9.32 Å². The molecule has 0 spiro atoms. The molecule has 0 aliphatic rings. The summed E-state index contributed by atoms with van der Waals surface area (Å²) in [7, 11) is 0. The molecule has 0 saturated carbocycles. The van der Waals surface area contributed by atoms with Gasteiger partial charge in [-0.3, -0.25) is 9.20 Å². The van der Waals surface area contributed by atoms with Crippen LogP contribution in [-0.2, 0) is 13.0 Å². The van der Waals surface area contributed by atoms with Gasteiger partial charge in [-0.05, 0) is 12.5 Å². The van der Waals surface area contributed by atoms with Crippen molar-refractivity contribution in [1.82, 2.24) is 24.8 Å². The second kappa shape index (κ2) is 5.74. The minimum atomic E-state index is -0.272. The third kappa shape index (κ3) is 2.91. The molecule has 3 aromatic heterocycles. The minimum Gasteiger partial charge on any atom is -0.361 e. The molecule has 3 heterocycles. The Kier molecular flexibility index (Phi) is 3.63. The van der Waals surface area contributed by atoms with Crippen LogP contribution in [0.5, 0.6) is 0 Å². The molecule has 0 saturated heterocycles. The molecule has 0 radical (unpaired) electrons. The van der Waals surface area contributed by atoms with Gasteiger partial charge < -0.3 is 9.84 Å². The smallest absolute Gasteiger partial charge is 0.273 e. The normalized spacial score (nSPS) is 10.9. The van der Waals surface area contributed by atoms with Gasteiger partial charge in [-0.2, -0.15) is 0 Å². The molecule has 0 atom stereocenters. The van der Waals surface area contributed by atoms with Crippen LogP contribution in [0.2, 0.25) is 0 Å². The first-order valence-electron chi connectivity index (χ1n) is 6.78. The number of nitrogens with zero attached hydrogens (tertiary/aromatic N) is 4. The van der Waals surface area contributed by atoms with Crippen LogP contribution in [0, 0.1) is 0 Å². The molecule has 1 amide bonds. The zero-order valence-electron chi connectivity index (χ0n) is 11.6. The summed E-state index contributed by atoms with van der Waals surface area (Å²) in [5.74, 6) is 1.05. The molecular formula is C14H15N5O2. The number of aryl methyl sites for hydroxylation is 1. The van der Waals surface area contributed by atoms with E-state index < -0.39 is 0 Å². The molecule has 3 rings (SSSR count). The zero-order chi connectivity index (χ0) is 14.7. The van der Waals surface area contributed by atoms with E-state index in [1.165, 1.54) is 0 Å². The number of hydrogen-bond donors (Lipinski definition) is 1. The molecule has 0 fully saturated rings. The van der Waals surface area contributed by atoms with Crippen molar-refractivity contribution in [3.63, 3.8) is 0 Å². The van der Waals surface area contributed by atoms with Crippen molar-refractivity contribution in [2.45, 2.75) is 26.3 Å². The Labute approximate surface area is 121 Å². The fourth-order valence-corrected chi connectivity index (χ4v) is 2.01. The number of fused-ring (bicyclic) bond motifs is 1. The maximum absolute atomic E-state index is 12.0. The van der Waals surface area contributed by atoms with Crippen LogP contribution in [0.25, 0.3) is 5.78 Å². The summed E-state index contributed by atoms with van der Waals surface area (Å²) in [5.41, 5.74) is 1.03. The molecular weight excluding hydrogens is 270 g/mol. The van der Waals surface area contributed by atoms with Gasteiger partial charge >= 0.3 is 0 Å². The van der Waals surface area contributed by atoms with E-state index >= 15 is 0 Å². The molecule has 1 N–H and O–H groups in total. The monoisotopic (exact) mass is 285 g/mol. The lowest BCUT2D eigenvalue weighted by Crippen LogP contribution is -2.23. The SMILES string of the molecule is CCCc1cc(C(=O)NCc2cn3cccnc3n2)no1. The zero-order valence-corrected chi connectivity index (χ0v) is 11.6. The van der Waals surface area contributed by atoms with Crippen molar-refractivity contribution in [3.05, 3.63) is 47.9 Å². The van der Waals surface area contributed by atoms with Crippen LogP contribution >= 0.6 is 0 Å². The highest BCUT2D eigenvalue weighted by molar-refractivity contribution is 5.92. The van der Waals surface area contributed by atoms with E-state index in [-0.39, 0.29) is 5.91 Å². The molecule has 0 aromatic carbocycles. The molecule has 7 heteroatoms. The summed E-state index contributed by atoms with van der Waals surface area (Å²) in [6.45, 7) is 2.36. The standard InChI is InChI=1S/C14H15N5O2/c1-2-4-11-7-12(18-21-11)13(20)16-8-10-9-19-6-3-5-15-14(19)17-10/h3,5-7,9H,2,4,8H2,1H3,(H,16,20). The van der Waals surface area contributed by atoms with E-state index in [1.807, 2.05) is 25.4 Å². The van der Waals surface area contributed by atoms with Gasteiger partial charge in [0.25, 0.3) is 5.91 Å². The molecule has 3 aromatic rings. The Bertz CT molecular complexity index is 728. The number of imidazole rings is 1. The first-order valence-corrected chi connectivity index (χ1v) is 6.78. The van der Waals surface area contributed by atoms with Crippen molar-refractivity contribution in [2.75, 3.05) is 0 Å². The topological polar surface area (TPSA) is 85.3 Å². The van der Waals surface area contributed by atoms with E-state index in [4.69, 9.17) is 4.52 Å². The van der Waals surface area contributed by atoms with Crippen LogP contribution in [0.3, 0.4) is 0 Å². The Morgan fingerprint density at radius 1 is 1.48 bits per heavy atom. The second-order valence-electron chi connectivity index (χ2n) is 4.67. The second-order valence-corrected chi connectivity index (χ2v) is 4.67. The minimum absolute atomic E-state index is 0.272. The largest absolute Gasteiger partial charge is 0.361 e. The lowest BCUT2D eigenvalue weighted by atomic mass is 10.2. The predicted molar refractivity (Wildman–Crippen MR) is 74.7 cm³/mol. The van der Waals surface area contributed by atoms with E-state index in [2.05, 4.69) is 20.4 Å². The number of rotatable bonds is 5. The van der Waals surface area contributed by atoms with Crippen molar-refractivity contribution in [2.24, 2.45) is 0 Å². The average molecular weight is 285 g/mol. The Hall–Kier alpha value is -2.70. The molecule has 7 nitrogen and oxygen atoms in total. The van der Waals surface area contributed by atoms with Gasteiger partial charge in [-0.25, -0.2) is 9.97 Å². The first-order chi connectivity index (χ1) is 10.3. The lowest BCUT2D eigenvalue weighted by molar-refractivity contribution is 0.0941. The molecule has 0 aliphatic heterocycles.